The molecule has 0 spiro atoms. The normalized spacial score (nSPS) is 12.5. The second-order valence-corrected chi connectivity index (χ2v) is 4.67. The van der Waals surface area contributed by atoms with Gasteiger partial charge >= 0.3 is 6.18 Å². The Balaban J connectivity index is 2.11. The number of hydrogen-bond donors (Lipinski definition) is 2. The molecule has 0 atom stereocenters. The van der Waals surface area contributed by atoms with Crippen molar-refractivity contribution < 1.29 is 13.2 Å². The number of aryl methyl sites for hydroxylation is 2. The first-order valence-corrected chi connectivity index (χ1v) is 6.91. The van der Waals surface area contributed by atoms with Crippen molar-refractivity contribution in [3.05, 3.63) is 18.2 Å². The Morgan fingerprint density at radius 2 is 2.00 bits per heavy atom. The minimum absolute atomic E-state index is 0.169. The van der Waals surface area contributed by atoms with Gasteiger partial charge in [0.2, 0.25) is 0 Å². The van der Waals surface area contributed by atoms with Crippen LogP contribution in [0.2, 0.25) is 0 Å². The molecule has 0 saturated heterocycles. The van der Waals surface area contributed by atoms with Gasteiger partial charge in [-0.05, 0) is 19.8 Å². The third-order valence-electron chi connectivity index (χ3n) is 2.97. The Bertz CT molecular complexity index is 439. The van der Waals surface area contributed by atoms with E-state index in [1.54, 1.807) is 6.20 Å². The molecule has 5 nitrogen and oxygen atoms in total. The molecule has 0 aromatic carbocycles. The molecule has 0 aliphatic rings. The Kier molecular flexibility index (Phi) is 7.04. The van der Waals surface area contributed by atoms with E-state index in [-0.39, 0.29) is 6.54 Å². The van der Waals surface area contributed by atoms with Gasteiger partial charge in [-0.1, -0.05) is 0 Å². The van der Waals surface area contributed by atoms with E-state index in [4.69, 9.17) is 0 Å². The fourth-order valence-electron chi connectivity index (χ4n) is 1.80. The summed E-state index contributed by atoms with van der Waals surface area (Å²) in [7, 11) is 1.54. The number of nitrogens with zero attached hydrogens (tertiary/aromatic N) is 3. The molecular formula is C13H22F3N5. The van der Waals surface area contributed by atoms with Crippen LogP contribution in [0.1, 0.15) is 25.1 Å². The van der Waals surface area contributed by atoms with Gasteiger partial charge in [0.15, 0.2) is 5.96 Å². The van der Waals surface area contributed by atoms with E-state index in [1.165, 1.54) is 7.05 Å². The predicted molar refractivity (Wildman–Crippen MR) is 76.2 cm³/mol. The maximum Gasteiger partial charge on any atom is 0.390 e. The van der Waals surface area contributed by atoms with Crippen molar-refractivity contribution in [3.63, 3.8) is 0 Å². The molecule has 1 aromatic heterocycles. The van der Waals surface area contributed by atoms with Crippen LogP contribution >= 0.6 is 0 Å². The summed E-state index contributed by atoms with van der Waals surface area (Å²) in [6, 6.07) is 0. The first-order valence-electron chi connectivity index (χ1n) is 6.91. The van der Waals surface area contributed by atoms with E-state index in [9.17, 15) is 13.2 Å². The molecule has 0 saturated carbocycles. The summed E-state index contributed by atoms with van der Waals surface area (Å²) in [5.74, 6) is 1.38. The second kappa shape index (κ2) is 8.53. The van der Waals surface area contributed by atoms with E-state index < -0.39 is 12.6 Å². The number of unbranched alkanes of at least 4 members (excludes halogenated alkanes) is 1. The summed E-state index contributed by atoms with van der Waals surface area (Å²) in [5.41, 5.74) is 0. The van der Waals surface area contributed by atoms with Crippen LogP contribution in [0.25, 0.3) is 0 Å². The van der Waals surface area contributed by atoms with E-state index >= 15 is 0 Å². The molecule has 1 aromatic rings. The molecule has 0 unspecified atom stereocenters. The van der Waals surface area contributed by atoms with Gasteiger partial charge in [-0.2, -0.15) is 13.2 Å². The van der Waals surface area contributed by atoms with Gasteiger partial charge in [-0.25, -0.2) is 4.98 Å². The molecule has 0 fully saturated rings. The first-order chi connectivity index (χ1) is 9.92. The van der Waals surface area contributed by atoms with Gasteiger partial charge in [-0.15, -0.1) is 0 Å². The fourth-order valence-corrected chi connectivity index (χ4v) is 1.80. The second-order valence-electron chi connectivity index (χ2n) is 4.67. The van der Waals surface area contributed by atoms with E-state index in [0.717, 1.165) is 25.2 Å². The molecule has 1 rings (SSSR count). The zero-order chi connectivity index (χ0) is 15.7. The molecule has 0 amide bonds. The fraction of sp³-hybridized carbons (Fsp3) is 0.692. The van der Waals surface area contributed by atoms with Gasteiger partial charge in [0.05, 0.1) is 6.42 Å². The third-order valence-corrected chi connectivity index (χ3v) is 2.97. The molecule has 1 heterocycles. The lowest BCUT2D eigenvalue weighted by Gasteiger charge is -2.13. The average Bonchev–Trinajstić information content (AvgIpc) is 2.80. The quantitative estimate of drug-likeness (QED) is 0.461. The zero-order valence-electron chi connectivity index (χ0n) is 12.4. The minimum Gasteiger partial charge on any atom is -0.356 e. The lowest BCUT2D eigenvalue weighted by Crippen LogP contribution is -2.39. The van der Waals surface area contributed by atoms with Crippen LogP contribution in [0.5, 0.6) is 0 Å². The number of alkyl halides is 3. The van der Waals surface area contributed by atoms with Crippen molar-refractivity contribution in [2.24, 2.45) is 4.99 Å². The summed E-state index contributed by atoms with van der Waals surface area (Å²) in [6.07, 6.45) is 0.545. The number of aliphatic imine (C=N–C) groups is 1. The molecule has 120 valence electrons. The van der Waals surface area contributed by atoms with E-state index in [1.807, 2.05) is 13.1 Å². The molecule has 0 aliphatic heterocycles. The van der Waals surface area contributed by atoms with Gasteiger partial charge < -0.3 is 15.2 Å². The smallest absolute Gasteiger partial charge is 0.356 e. The maximum absolute atomic E-state index is 12.0. The highest BCUT2D eigenvalue weighted by Crippen LogP contribution is 2.17. The average molecular weight is 305 g/mol. The Morgan fingerprint density at radius 3 is 2.57 bits per heavy atom. The lowest BCUT2D eigenvalue weighted by atomic mass is 10.3. The number of guanidine groups is 1. The van der Waals surface area contributed by atoms with Crippen molar-refractivity contribution in [2.45, 2.75) is 38.9 Å². The maximum atomic E-state index is 12.0. The predicted octanol–water partition coefficient (Wildman–Crippen LogP) is 2.09. The molecule has 0 radical (unpaired) electrons. The summed E-state index contributed by atoms with van der Waals surface area (Å²) in [6.45, 7) is 3.33. The number of rotatable bonds is 7. The van der Waals surface area contributed by atoms with E-state index in [0.29, 0.717) is 12.5 Å². The number of aromatic nitrogens is 2. The Labute approximate surface area is 122 Å². The Morgan fingerprint density at radius 1 is 1.29 bits per heavy atom. The van der Waals surface area contributed by atoms with Crippen molar-refractivity contribution in [1.82, 2.24) is 20.2 Å². The highest BCUT2D eigenvalue weighted by molar-refractivity contribution is 5.79. The van der Waals surface area contributed by atoms with Crippen LogP contribution in [-0.2, 0) is 6.54 Å². The monoisotopic (exact) mass is 305 g/mol. The highest BCUT2D eigenvalue weighted by atomic mass is 19.4. The number of hydrogen-bond acceptors (Lipinski definition) is 2. The molecule has 8 heteroatoms. The van der Waals surface area contributed by atoms with Crippen molar-refractivity contribution >= 4 is 5.96 Å². The van der Waals surface area contributed by atoms with Crippen LogP contribution in [0.4, 0.5) is 13.2 Å². The van der Waals surface area contributed by atoms with Crippen molar-refractivity contribution in [1.29, 1.82) is 0 Å². The van der Waals surface area contributed by atoms with Crippen molar-refractivity contribution in [2.75, 3.05) is 20.1 Å². The summed E-state index contributed by atoms with van der Waals surface area (Å²) < 4.78 is 38.1. The highest BCUT2D eigenvalue weighted by Gasteiger charge is 2.26. The summed E-state index contributed by atoms with van der Waals surface area (Å²) in [5, 5.41) is 5.64. The minimum atomic E-state index is -4.14. The summed E-state index contributed by atoms with van der Waals surface area (Å²) >= 11 is 0. The lowest BCUT2D eigenvalue weighted by molar-refractivity contribution is -0.132. The van der Waals surface area contributed by atoms with Gasteiger partial charge in [0.1, 0.15) is 5.82 Å². The van der Waals surface area contributed by atoms with Crippen LogP contribution in [0, 0.1) is 6.92 Å². The SMILES string of the molecule is CN=C(NCCCCn1ccnc1C)NCCC(F)(F)F. The molecule has 0 bridgehead atoms. The van der Waals surface area contributed by atoms with Crippen LogP contribution < -0.4 is 10.6 Å². The van der Waals surface area contributed by atoms with Crippen LogP contribution in [0.3, 0.4) is 0 Å². The molecule has 21 heavy (non-hydrogen) atoms. The first kappa shape index (κ1) is 17.3. The van der Waals surface area contributed by atoms with Crippen LogP contribution in [0.15, 0.2) is 17.4 Å². The largest absolute Gasteiger partial charge is 0.390 e. The van der Waals surface area contributed by atoms with Gasteiger partial charge in [0.25, 0.3) is 0 Å². The Hall–Kier alpha value is -1.73. The molecular weight excluding hydrogens is 283 g/mol. The summed E-state index contributed by atoms with van der Waals surface area (Å²) in [4.78, 5) is 8.02. The molecule has 2 N–H and O–H groups in total. The topological polar surface area (TPSA) is 54.2 Å². The zero-order valence-corrected chi connectivity index (χ0v) is 12.4. The van der Waals surface area contributed by atoms with Gasteiger partial charge in [0, 0.05) is 39.1 Å². The molecule has 0 aliphatic carbocycles. The number of imidazole rings is 1. The van der Waals surface area contributed by atoms with Crippen molar-refractivity contribution in [3.8, 4) is 0 Å². The van der Waals surface area contributed by atoms with Crippen LogP contribution in [-0.4, -0.2) is 41.8 Å². The number of halogens is 3. The standard InChI is InChI=1S/C13H22F3N5/c1-11-18-8-10-21(11)9-4-3-6-19-12(17-2)20-7-5-13(14,15)16/h8,10H,3-7,9H2,1-2H3,(H2,17,19,20). The third kappa shape index (κ3) is 7.57. The number of nitrogens with one attached hydrogen (secondary N) is 2. The van der Waals surface area contributed by atoms with E-state index in [2.05, 4.69) is 25.2 Å². The van der Waals surface area contributed by atoms with Gasteiger partial charge in [-0.3, -0.25) is 4.99 Å².